The van der Waals surface area contributed by atoms with E-state index in [0.717, 1.165) is 0 Å². The van der Waals surface area contributed by atoms with E-state index in [-0.39, 0.29) is 11.3 Å². The molecule has 0 spiro atoms. The largest absolute Gasteiger partial charge is 0.399 e. The number of aryl methyl sites for hydroxylation is 1. The van der Waals surface area contributed by atoms with Crippen LogP contribution < -0.4 is 11.1 Å². The SMILES string of the molecule is Cc1ccc(C(C)(C)CNC(=O)c2cccc(N)c2)cc1. The van der Waals surface area contributed by atoms with E-state index in [2.05, 4.69) is 50.4 Å². The standard InChI is InChI=1S/C18H22N2O/c1-13-7-9-15(10-8-13)18(2,3)12-20-17(21)14-5-4-6-16(19)11-14/h4-11H,12,19H2,1-3H3,(H,20,21). The first-order chi connectivity index (χ1) is 9.88. The number of carbonyl (C=O) groups is 1. The van der Waals surface area contributed by atoms with Gasteiger partial charge in [0, 0.05) is 23.2 Å². The number of benzene rings is 2. The van der Waals surface area contributed by atoms with Gasteiger partial charge in [-0.1, -0.05) is 49.7 Å². The monoisotopic (exact) mass is 282 g/mol. The van der Waals surface area contributed by atoms with E-state index in [1.807, 2.05) is 0 Å². The molecular weight excluding hydrogens is 260 g/mol. The van der Waals surface area contributed by atoms with Crippen LogP contribution in [-0.4, -0.2) is 12.5 Å². The van der Waals surface area contributed by atoms with Crippen LogP contribution in [0.25, 0.3) is 0 Å². The van der Waals surface area contributed by atoms with Crippen LogP contribution in [-0.2, 0) is 5.41 Å². The quantitative estimate of drug-likeness (QED) is 0.845. The molecule has 3 heteroatoms. The van der Waals surface area contributed by atoms with E-state index in [0.29, 0.717) is 17.8 Å². The molecule has 3 N–H and O–H groups in total. The Morgan fingerprint density at radius 3 is 2.43 bits per heavy atom. The molecule has 2 aromatic rings. The Morgan fingerprint density at radius 2 is 1.81 bits per heavy atom. The van der Waals surface area contributed by atoms with Crippen LogP contribution in [0.3, 0.4) is 0 Å². The summed E-state index contributed by atoms with van der Waals surface area (Å²) in [4.78, 5) is 12.2. The van der Waals surface area contributed by atoms with Crippen molar-refractivity contribution in [2.45, 2.75) is 26.2 Å². The van der Waals surface area contributed by atoms with E-state index in [9.17, 15) is 4.79 Å². The maximum absolute atomic E-state index is 12.2. The number of anilines is 1. The fourth-order valence-corrected chi connectivity index (χ4v) is 2.19. The molecule has 0 saturated carbocycles. The lowest BCUT2D eigenvalue weighted by Gasteiger charge is -2.26. The van der Waals surface area contributed by atoms with Gasteiger partial charge in [-0.25, -0.2) is 0 Å². The van der Waals surface area contributed by atoms with Crippen LogP contribution in [0.4, 0.5) is 5.69 Å². The molecule has 21 heavy (non-hydrogen) atoms. The van der Waals surface area contributed by atoms with Crippen LogP contribution in [0.15, 0.2) is 48.5 Å². The Kier molecular flexibility index (Phi) is 4.32. The summed E-state index contributed by atoms with van der Waals surface area (Å²) in [6.45, 7) is 6.89. The summed E-state index contributed by atoms with van der Waals surface area (Å²) in [6.07, 6.45) is 0. The fourth-order valence-electron chi connectivity index (χ4n) is 2.19. The summed E-state index contributed by atoms with van der Waals surface area (Å²) in [7, 11) is 0. The molecule has 0 aliphatic rings. The molecule has 0 atom stereocenters. The summed E-state index contributed by atoms with van der Waals surface area (Å²) in [5.41, 5.74) is 9.22. The number of rotatable bonds is 4. The second kappa shape index (κ2) is 6.00. The highest BCUT2D eigenvalue weighted by atomic mass is 16.1. The minimum atomic E-state index is -0.121. The van der Waals surface area contributed by atoms with Crippen LogP contribution in [0.5, 0.6) is 0 Å². The number of nitrogen functional groups attached to an aromatic ring is 1. The highest BCUT2D eigenvalue weighted by molar-refractivity contribution is 5.95. The zero-order valence-electron chi connectivity index (χ0n) is 12.8. The third-order valence-electron chi connectivity index (χ3n) is 3.67. The van der Waals surface area contributed by atoms with E-state index < -0.39 is 0 Å². The zero-order chi connectivity index (χ0) is 15.5. The van der Waals surface area contributed by atoms with Crippen LogP contribution in [0.1, 0.15) is 35.3 Å². The average Bonchev–Trinajstić information content (AvgIpc) is 2.45. The second-order valence-electron chi connectivity index (χ2n) is 6.06. The molecule has 0 heterocycles. The number of nitrogens with one attached hydrogen (secondary N) is 1. The van der Waals surface area contributed by atoms with Crippen molar-refractivity contribution >= 4 is 11.6 Å². The van der Waals surface area contributed by atoms with Crippen LogP contribution in [0.2, 0.25) is 0 Å². The van der Waals surface area contributed by atoms with Gasteiger partial charge >= 0.3 is 0 Å². The van der Waals surface area contributed by atoms with Gasteiger partial charge in [0.2, 0.25) is 0 Å². The van der Waals surface area contributed by atoms with Gasteiger partial charge in [0.25, 0.3) is 5.91 Å². The third kappa shape index (κ3) is 3.85. The van der Waals surface area contributed by atoms with E-state index >= 15 is 0 Å². The minimum Gasteiger partial charge on any atom is -0.399 e. The summed E-state index contributed by atoms with van der Waals surface area (Å²) < 4.78 is 0. The number of nitrogens with two attached hydrogens (primary N) is 1. The average molecular weight is 282 g/mol. The fraction of sp³-hybridized carbons (Fsp3) is 0.278. The minimum absolute atomic E-state index is 0.0949. The third-order valence-corrected chi connectivity index (χ3v) is 3.67. The van der Waals surface area contributed by atoms with Crippen LogP contribution >= 0.6 is 0 Å². The summed E-state index contributed by atoms with van der Waals surface area (Å²) in [5, 5.41) is 2.99. The number of hydrogen-bond acceptors (Lipinski definition) is 2. The van der Waals surface area contributed by atoms with Gasteiger partial charge in [-0.3, -0.25) is 4.79 Å². The molecule has 3 nitrogen and oxygen atoms in total. The Bertz CT molecular complexity index is 630. The van der Waals surface area contributed by atoms with Crippen molar-refractivity contribution in [2.24, 2.45) is 0 Å². The number of hydrogen-bond donors (Lipinski definition) is 2. The van der Waals surface area contributed by atoms with Gasteiger partial charge < -0.3 is 11.1 Å². The Labute approximate surface area is 126 Å². The number of carbonyl (C=O) groups excluding carboxylic acids is 1. The first-order valence-corrected chi connectivity index (χ1v) is 7.09. The molecule has 0 fully saturated rings. The molecule has 0 saturated heterocycles. The zero-order valence-corrected chi connectivity index (χ0v) is 12.8. The molecule has 0 radical (unpaired) electrons. The molecule has 0 aliphatic heterocycles. The highest BCUT2D eigenvalue weighted by Gasteiger charge is 2.21. The number of amides is 1. The molecule has 2 rings (SSSR count). The molecule has 2 aromatic carbocycles. The Morgan fingerprint density at radius 1 is 1.14 bits per heavy atom. The lowest BCUT2D eigenvalue weighted by atomic mass is 9.84. The maximum Gasteiger partial charge on any atom is 0.251 e. The van der Waals surface area contributed by atoms with Crippen molar-refractivity contribution in [1.29, 1.82) is 0 Å². The molecule has 1 amide bonds. The van der Waals surface area contributed by atoms with Crippen molar-refractivity contribution in [3.05, 3.63) is 65.2 Å². The summed E-state index contributed by atoms with van der Waals surface area (Å²) in [6, 6.07) is 15.4. The highest BCUT2D eigenvalue weighted by Crippen LogP contribution is 2.22. The van der Waals surface area contributed by atoms with E-state index in [1.165, 1.54) is 11.1 Å². The lowest BCUT2D eigenvalue weighted by molar-refractivity contribution is 0.0945. The smallest absolute Gasteiger partial charge is 0.251 e. The molecule has 0 aliphatic carbocycles. The molecule has 110 valence electrons. The maximum atomic E-state index is 12.2. The van der Waals surface area contributed by atoms with Crippen molar-refractivity contribution in [3.8, 4) is 0 Å². The predicted molar refractivity (Wildman–Crippen MR) is 87.4 cm³/mol. The van der Waals surface area contributed by atoms with Crippen molar-refractivity contribution in [1.82, 2.24) is 5.32 Å². The predicted octanol–water partition coefficient (Wildman–Crippen LogP) is 3.28. The van der Waals surface area contributed by atoms with Gasteiger partial charge in [0.1, 0.15) is 0 Å². The molecule has 0 unspecified atom stereocenters. The van der Waals surface area contributed by atoms with Gasteiger partial charge in [-0.2, -0.15) is 0 Å². The summed E-state index contributed by atoms with van der Waals surface area (Å²) >= 11 is 0. The summed E-state index contributed by atoms with van der Waals surface area (Å²) in [5.74, 6) is -0.0949. The lowest BCUT2D eigenvalue weighted by Crippen LogP contribution is -2.36. The first-order valence-electron chi connectivity index (χ1n) is 7.09. The van der Waals surface area contributed by atoms with Gasteiger partial charge in [0.05, 0.1) is 0 Å². The molecule has 0 aromatic heterocycles. The van der Waals surface area contributed by atoms with Crippen molar-refractivity contribution in [3.63, 3.8) is 0 Å². The van der Waals surface area contributed by atoms with Crippen molar-refractivity contribution in [2.75, 3.05) is 12.3 Å². The Balaban J connectivity index is 2.04. The second-order valence-corrected chi connectivity index (χ2v) is 6.06. The molecular formula is C18H22N2O. The van der Waals surface area contributed by atoms with Crippen molar-refractivity contribution < 1.29 is 4.79 Å². The first kappa shape index (κ1) is 15.1. The normalized spacial score (nSPS) is 11.2. The molecule has 0 bridgehead atoms. The van der Waals surface area contributed by atoms with Crippen LogP contribution in [0, 0.1) is 6.92 Å². The Hall–Kier alpha value is -2.29. The topological polar surface area (TPSA) is 55.1 Å². The van der Waals surface area contributed by atoms with E-state index in [4.69, 9.17) is 5.73 Å². The van der Waals surface area contributed by atoms with Gasteiger partial charge in [-0.05, 0) is 30.7 Å². The van der Waals surface area contributed by atoms with E-state index in [1.54, 1.807) is 24.3 Å². The van der Waals surface area contributed by atoms with Gasteiger partial charge in [0.15, 0.2) is 0 Å². The van der Waals surface area contributed by atoms with Gasteiger partial charge in [-0.15, -0.1) is 0 Å².